The molecule has 0 aliphatic heterocycles. The lowest BCUT2D eigenvalue weighted by Crippen LogP contribution is -2.21. The Labute approximate surface area is 196 Å². The molecule has 3 nitrogen and oxygen atoms in total. The maximum Gasteiger partial charge on any atom is 0.357 e. The van der Waals surface area contributed by atoms with Crippen molar-refractivity contribution in [1.82, 2.24) is 0 Å². The zero-order valence-electron chi connectivity index (χ0n) is 20.4. The number of methoxy groups -OCH3 is 1. The Morgan fingerprint density at radius 2 is 1.56 bits per heavy atom. The van der Waals surface area contributed by atoms with Crippen molar-refractivity contribution in [2.24, 2.45) is 0 Å². The Kier molecular flexibility index (Phi) is 12.7. The van der Waals surface area contributed by atoms with E-state index in [4.69, 9.17) is 14.1 Å². The highest BCUT2D eigenvalue weighted by Crippen LogP contribution is 2.21. The zero-order chi connectivity index (χ0) is 23.0. The van der Waals surface area contributed by atoms with Gasteiger partial charge in [-0.1, -0.05) is 88.6 Å². The first-order chi connectivity index (χ1) is 15.6. The van der Waals surface area contributed by atoms with E-state index in [1.54, 1.807) is 7.11 Å². The first kappa shape index (κ1) is 26.1. The lowest BCUT2D eigenvalue weighted by atomic mass is 9.59. The zero-order valence-corrected chi connectivity index (χ0v) is 20.4. The summed E-state index contributed by atoms with van der Waals surface area (Å²) in [4.78, 5) is 0. The van der Waals surface area contributed by atoms with E-state index in [2.05, 4.69) is 62.9 Å². The molecule has 0 aliphatic carbocycles. The fourth-order valence-electron chi connectivity index (χ4n) is 3.82. The first-order valence-electron chi connectivity index (χ1n) is 12.3. The van der Waals surface area contributed by atoms with Crippen molar-refractivity contribution < 1.29 is 14.1 Å². The van der Waals surface area contributed by atoms with Crippen LogP contribution in [0.5, 0.6) is 5.75 Å². The lowest BCUT2D eigenvalue weighted by molar-refractivity contribution is 0.0302. The smallest absolute Gasteiger partial charge is 0.357 e. The molecule has 0 fully saturated rings. The minimum absolute atomic E-state index is 0.0720. The monoisotopic (exact) mass is 436 g/mol. The molecule has 174 valence electrons. The Hall–Kier alpha value is -2.20. The van der Waals surface area contributed by atoms with Gasteiger partial charge in [0.1, 0.15) is 5.75 Å². The third kappa shape index (κ3) is 10.4. The number of hydrogen-bond acceptors (Lipinski definition) is 3. The molecule has 2 aromatic carbocycles. The highest BCUT2D eigenvalue weighted by molar-refractivity contribution is 6.52. The van der Waals surface area contributed by atoms with Crippen LogP contribution in [-0.4, -0.2) is 20.1 Å². The summed E-state index contributed by atoms with van der Waals surface area (Å²) in [5.74, 6) is 1.72. The molecule has 0 radical (unpaired) electrons. The maximum absolute atomic E-state index is 6.36. The number of aryl methyl sites for hydroxylation is 1. The van der Waals surface area contributed by atoms with Gasteiger partial charge in [0.05, 0.1) is 25.6 Å². The fraction of sp³-hybridized carbons (Fsp3) is 0.500. The van der Waals surface area contributed by atoms with E-state index < -0.39 is 0 Å². The minimum atomic E-state index is 0.0720. The van der Waals surface area contributed by atoms with Gasteiger partial charge in [0.25, 0.3) is 0 Å². The molecule has 0 aliphatic rings. The Bertz CT molecular complexity index is 737. The summed E-state index contributed by atoms with van der Waals surface area (Å²) in [6.45, 7) is 9.59. The molecular weight excluding hydrogens is 395 g/mol. The summed E-state index contributed by atoms with van der Waals surface area (Å²) in [7, 11) is 1.69. The van der Waals surface area contributed by atoms with Crippen LogP contribution in [-0.2, 0) is 22.4 Å². The van der Waals surface area contributed by atoms with Crippen molar-refractivity contribution in [3.63, 3.8) is 0 Å². The molecule has 1 atom stereocenters. The number of hydrogen-bond donors (Lipinski definition) is 0. The molecule has 0 N–H and O–H groups in total. The highest BCUT2D eigenvalue weighted by atomic mass is 16.5. The number of rotatable bonds is 17. The van der Waals surface area contributed by atoms with Crippen LogP contribution in [0.15, 0.2) is 66.9 Å². The highest BCUT2D eigenvalue weighted by Gasteiger charge is 2.19. The van der Waals surface area contributed by atoms with E-state index >= 15 is 0 Å². The first-order valence-corrected chi connectivity index (χ1v) is 12.3. The van der Waals surface area contributed by atoms with E-state index in [-0.39, 0.29) is 13.0 Å². The molecule has 0 heterocycles. The predicted octanol–water partition coefficient (Wildman–Crippen LogP) is 7.73. The maximum atomic E-state index is 6.36. The SMILES string of the molecule is C=C(C[C@@H](CCc1ccccc1)OCc1ccc(OC)cc1)OB(CCCC)CCCC. The van der Waals surface area contributed by atoms with Crippen LogP contribution in [0.25, 0.3) is 0 Å². The van der Waals surface area contributed by atoms with E-state index in [0.717, 1.165) is 49.0 Å². The van der Waals surface area contributed by atoms with Crippen LogP contribution in [0.2, 0.25) is 12.6 Å². The van der Waals surface area contributed by atoms with Gasteiger partial charge < -0.3 is 14.1 Å². The molecule has 0 bridgehead atoms. The average molecular weight is 436 g/mol. The van der Waals surface area contributed by atoms with E-state index in [0.29, 0.717) is 6.61 Å². The van der Waals surface area contributed by atoms with Gasteiger partial charge in [-0.3, -0.25) is 0 Å². The Morgan fingerprint density at radius 3 is 2.16 bits per heavy atom. The molecule has 2 aromatic rings. The lowest BCUT2D eigenvalue weighted by Gasteiger charge is -2.23. The molecule has 0 amide bonds. The number of unbranched alkanes of at least 4 members (excludes halogenated alkanes) is 2. The van der Waals surface area contributed by atoms with E-state index in [9.17, 15) is 0 Å². The second-order valence-corrected chi connectivity index (χ2v) is 8.57. The number of ether oxygens (including phenoxy) is 2. The molecular formula is C28H41BO3. The molecule has 4 heteroatoms. The second-order valence-electron chi connectivity index (χ2n) is 8.57. The van der Waals surface area contributed by atoms with Crippen LogP contribution in [0.1, 0.15) is 63.5 Å². The van der Waals surface area contributed by atoms with Gasteiger partial charge in [0.2, 0.25) is 0 Å². The minimum Gasteiger partial charge on any atom is -0.564 e. The van der Waals surface area contributed by atoms with Gasteiger partial charge in [0.15, 0.2) is 0 Å². The topological polar surface area (TPSA) is 27.7 Å². The van der Waals surface area contributed by atoms with Gasteiger partial charge in [-0.15, -0.1) is 0 Å². The largest absolute Gasteiger partial charge is 0.564 e. The van der Waals surface area contributed by atoms with Crippen LogP contribution in [0.4, 0.5) is 0 Å². The van der Waals surface area contributed by atoms with Gasteiger partial charge in [0, 0.05) is 6.42 Å². The summed E-state index contributed by atoms with van der Waals surface area (Å²) >= 11 is 0. The normalized spacial score (nSPS) is 11.7. The van der Waals surface area contributed by atoms with Crippen molar-refractivity contribution in [2.45, 2.75) is 84.1 Å². The fourth-order valence-corrected chi connectivity index (χ4v) is 3.82. The van der Waals surface area contributed by atoms with Crippen LogP contribution in [0, 0.1) is 0 Å². The number of benzene rings is 2. The third-order valence-electron chi connectivity index (χ3n) is 5.79. The molecule has 0 aromatic heterocycles. The molecule has 32 heavy (non-hydrogen) atoms. The van der Waals surface area contributed by atoms with Gasteiger partial charge in [-0.05, 0) is 48.7 Å². The summed E-state index contributed by atoms with van der Waals surface area (Å²) in [6, 6.07) is 18.7. The molecule has 0 unspecified atom stereocenters. The van der Waals surface area contributed by atoms with Crippen molar-refractivity contribution in [3.8, 4) is 5.75 Å². The van der Waals surface area contributed by atoms with Crippen LogP contribution in [0.3, 0.4) is 0 Å². The van der Waals surface area contributed by atoms with Crippen LogP contribution < -0.4 is 4.74 Å². The van der Waals surface area contributed by atoms with Crippen molar-refractivity contribution in [3.05, 3.63) is 78.1 Å². The molecule has 0 spiro atoms. The van der Waals surface area contributed by atoms with Gasteiger partial charge in [-0.25, -0.2) is 0 Å². The Morgan fingerprint density at radius 1 is 0.906 bits per heavy atom. The van der Waals surface area contributed by atoms with Gasteiger partial charge >= 0.3 is 6.92 Å². The summed E-state index contributed by atoms with van der Waals surface area (Å²) in [5.41, 5.74) is 2.48. The van der Waals surface area contributed by atoms with Gasteiger partial charge in [-0.2, -0.15) is 0 Å². The summed E-state index contributed by atoms with van der Waals surface area (Å²) < 4.78 is 17.9. The van der Waals surface area contributed by atoms with Crippen LogP contribution >= 0.6 is 0 Å². The van der Waals surface area contributed by atoms with Crippen molar-refractivity contribution in [1.29, 1.82) is 0 Å². The van der Waals surface area contributed by atoms with E-state index in [1.807, 2.05) is 12.1 Å². The summed E-state index contributed by atoms with van der Waals surface area (Å²) in [5, 5.41) is 0. The van der Waals surface area contributed by atoms with E-state index in [1.165, 1.54) is 31.2 Å². The average Bonchev–Trinajstić information content (AvgIpc) is 2.83. The molecule has 2 rings (SSSR count). The molecule has 0 saturated heterocycles. The van der Waals surface area contributed by atoms with Crippen molar-refractivity contribution in [2.75, 3.05) is 7.11 Å². The second kappa shape index (κ2) is 15.6. The predicted molar refractivity (Wildman–Crippen MR) is 136 cm³/mol. The third-order valence-corrected chi connectivity index (χ3v) is 5.79. The Balaban J connectivity index is 1.95. The standard InChI is InChI=1S/C28H41BO3/c1-5-7-20-29(21-8-6-2)32-24(3)22-28(19-14-25-12-10-9-11-13-25)31-23-26-15-17-27(30-4)18-16-26/h9-13,15-18,28H,3,5-8,14,19-23H2,1-2,4H3/t28-/m1/s1. The summed E-state index contributed by atoms with van der Waals surface area (Å²) in [6.07, 6.45) is 9.74. The molecule has 0 saturated carbocycles. The quantitative estimate of drug-likeness (QED) is 0.188. The van der Waals surface area contributed by atoms with Crippen molar-refractivity contribution >= 4 is 6.92 Å².